The van der Waals surface area contributed by atoms with Crippen LogP contribution in [-0.2, 0) is 14.1 Å². The molecule has 0 spiro atoms. The number of halogens is 2. The maximum Gasteiger partial charge on any atom is 0.272 e. The maximum absolute atomic E-state index is 13.8. The van der Waals surface area contributed by atoms with Crippen LogP contribution in [0.2, 0.25) is 0 Å². The van der Waals surface area contributed by atoms with Gasteiger partial charge in [-0.05, 0) is 18.2 Å². The number of hydrogen-bond acceptors (Lipinski definition) is 3. The summed E-state index contributed by atoms with van der Waals surface area (Å²) in [4.78, 5) is 15.3. The molecule has 3 heterocycles. The average Bonchev–Trinajstić information content (AvgIpc) is 3.25. The van der Waals surface area contributed by atoms with Crippen LogP contribution in [0.3, 0.4) is 0 Å². The van der Waals surface area contributed by atoms with E-state index in [0.29, 0.717) is 11.4 Å². The molecule has 0 saturated heterocycles. The number of aromatic nitrogens is 5. The van der Waals surface area contributed by atoms with Crippen LogP contribution in [0.15, 0.2) is 36.7 Å². The fraction of sp³-hybridized carbons (Fsp3) is 0.118. The van der Waals surface area contributed by atoms with Crippen LogP contribution >= 0.6 is 0 Å². The largest absolute Gasteiger partial charge is 0.350 e. The maximum atomic E-state index is 13.8. The van der Waals surface area contributed by atoms with E-state index in [9.17, 15) is 13.6 Å². The molecule has 3 aromatic heterocycles. The van der Waals surface area contributed by atoms with Gasteiger partial charge in [-0.3, -0.25) is 14.2 Å². The van der Waals surface area contributed by atoms with Gasteiger partial charge in [-0.1, -0.05) is 0 Å². The van der Waals surface area contributed by atoms with E-state index in [2.05, 4.69) is 20.5 Å². The summed E-state index contributed by atoms with van der Waals surface area (Å²) in [5.74, 6) is -1.93. The van der Waals surface area contributed by atoms with Crippen molar-refractivity contribution in [2.24, 2.45) is 14.1 Å². The van der Waals surface area contributed by atoms with Gasteiger partial charge in [0.2, 0.25) is 0 Å². The number of aryl methyl sites for hydroxylation is 2. The van der Waals surface area contributed by atoms with Gasteiger partial charge in [0, 0.05) is 37.9 Å². The molecule has 7 nitrogen and oxygen atoms in total. The van der Waals surface area contributed by atoms with Gasteiger partial charge in [0.1, 0.15) is 23.0 Å². The number of anilines is 1. The van der Waals surface area contributed by atoms with E-state index in [1.165, 1.54) is 6.07 Å². The molecule has 0 unspecified atom stereocenters. The second kappa shape index (κ2) is 5.80. The molecule has 9 heteroatoms. The predicted molar refractivity (Wildman–Crippen MR) is 91.6 cm³/mol. The van der Waals surface area contributed by atoms with Gasteiger partial charge in [0.05, 0.1) is 16.9 Å². The SMILES string of the molecule is Cn1cc(NC(=O)c2cc3c(F)cc(F)cc3[nH]2)c(-c2ccnn2C)n1. The third kappa shape index (κ3) is 2.63. The van der Waals surface area contributed by atoms with Gasteiger partial charge < -0.3 is 10.3 Å². The van der Waals surface area contributed by atoms with Crippen LogP contribution < -0.4 is 5.32 Å². The summed E-state index contributed by atoms with van der Waals surface area (Å²) in [6, 6.07) is 5.04. The van der Waals surface area contributed by atoms with Crippen molar-refractivity contribution in [3.8, 4) is 11.4 Å². The topological polar surface area (TPSA) is 80.5 Å². The number of carbonyl (C=O) groups excluding carboxylic acids is 1. The van der Waals surface area contributed by atoms with Gasteiger partial charge in [0.15, 0.2) is 0 Å². The van der Waals surface area contributed by atoms with Gasteiger partial charge in [0.25, 0.3) is 5.91 Å². The van der Waals surface area contributed by atoms with Crippen LogP contribution in [0.1, 0.15) is 10.5 Å². The summed E-state index contributed by atoms with van der Waals surface area (Å²) >= 11 is 0. The number of amides is 1. The number of fused-ring (bicyclic) bond motifs is 1. The number of H-pyrrole nitrogens is 1. The zero-order valence-corrected chi connectivity index (χ0v) is 13.9. The molecule has 0 fully saturated rings. The predicted octanol–water partition coefficient (Wildman–Crippen LogP) is 2.83. The molecule has 0 radical (unpaired) electrons. The van der Waals surface area contributed by atoms with Crippen molar-refractivity contribution in [2.45, 2.75) is 0 Å². The highest BCUT2D eigenvalue weighted by molar-refractivity contribution is 6.07. The Hall–Kier alpha value is -3.49. The Balaban J connectivity index is 1.69. The van der Waals surface area contributed by atoms with Crippen molar-refractivity contribution in [1.82, 2.24) is 24.5 Å². The Morgan fingerprint density at radius 3 is 2.77 bits per heavy atom. The first kappa shape index (κ1) is 16.0. The molecular weight excluding hydrogens is 342 g/mol. The van der Waals surface area contributed by atoms with Gasteiger partial charge in [-0.15, -0.1) is 0 Å². The third-order valence-electron chi connectivity index (χ3n) is 4.04. The smallest absolute Gasteiger partial charge is 0.272 e. The number of benzene rings is 1. The van der Waals surface area contributed by atoms with Crippen molar-refractivity contribution in [3.63, 3.8) is 0 Å². The lowest BCUT2D eigenvalue weighted by Crippen LogP contribution is -2.12. The fourth-order valence-electron chi connectivity index (χ4n) is 2.85. The molecule has 4 aromatic rings. The minimum atomic E-state index is -0.729. The summed E-state index contributed by atoms with van der Waals surface area (Å²) in [5, 5.41) is 11.3. The van der Waals surface area contributed by atoms with Crippen LogP contribution in [-0.4, -0.2) is 30.5 Å². The molecule has 0 saturated carbocycles. The van der Waals surface area contributed by atoms with Crippen LogP contribution in [0.4, 0.5) is 14.5 Å². The van der Waals surface area contributed by atoms with Gasteiger partial charge >= 0.3 is 0 Å². The molecule has 132 valence electrons. The Bertz CT molecular complexity index is 1140. The Morgan fingerprint density at radius 2 is 2.04 bits per heavy atom. The van der Waals surface area contributed by atoms with Crippen LogP contribution in [0.5, 0.6) is 0 Å². The highest BCUT2D eigenvalue weighted by Crippen LogP contribution is 2.27. The molecule has 2 N–H and O–H groups in total. The number of nitrogens with one attached hydrogen (secondary N) is 2. The molecule has 0 aliphatic carbocycles. The first-order chi connectivity index (χ1) is 12.4. The van der Waals surface area contributed by atoms with Crippen molar-refractivity contribution >= 4 is 22.5 Å². The van der Waals surface area contributed by atoms with E-state index in [1.54, 1.807) is 41.9 Å². The van der Waals surface area contributed by atoms with Crippen molar-refractivity contribution in [1.29, 1.82) is 0 Å². The Kier molecular flexibility index (Phi) is 3.57. The summed E-state index contributed by atoms with van der Waals surface area (Å²) in [6.07, 6.45) is 3.29. The molecule has 26 heavy (non-hydrogen) atoms. The van der Waals surface area contributed by atoms with Crippen LogP contribution in [0, 0.1) is 11.6 Å². The summed E-state index contributed by atoms with van der Waals surface area (Å²) in [6.45, 7) is 0. The Morgan fingerprint density at radius 1 is 1.23 bits per heavy atom. The first-order valence-electron chi connectivity index (χ1n) is 7.73. The van der Waals surface area contributed by atoms with E-state index in [0.717, 1.165) is 17.8 Å². The number of nitrogens with zero attached hydrogens (tertiary/aromatic N) is 4. The molecule has 0 atom stereocenters. The standard InChI is InChI=1S/C17H14F2N6O/c1-24-8-14(16(23-24)15-3-4-20-25(15)2)22-17(26)13-7-10-11(19)5-9(18)6-12(10)21-13/h3-8,21H,1-2H3,(H,22,26). The monoisotopic (exact) mass is 356 g/mol. The molecule has 4 rings (SSSR count). The molecule has 0 bridgehead atoms. The minimum Gasteiger partial charge on any atom is -0.350 e. The normalized spacial score (nSPS) is 11.2. The highest BCUT2D eigenvalue weighted by Gasteiger charge is 2.18. The zero-order valence-electron chi connectivity index (χ0n) is 13.9. The molecule has 0 aliphatic heterocycles. The molecular formula is C17H14F2N6O. The summed E-state index contributed by atoms with van der Waals surface area (Å²) in [5.41, 5.74) is 2.08. The van der Waals surface area contributed by atoms with Gasteiger partial charge in [-0.2, -0.15) is 10.2 Å². The average molecular weight is 356 g/mol. The Labute approximate surface area is 146 Å². The highest BCUT2D eigenvalue weighted by atomic mass is 19.1. The van der Waals surface area contributed by atoms with Crippen molar-refractivity contribution in [2.75, 3.05) is 5.32 Å². The molecule has 1 aromatic carbocycles. The zero-order chi connectivity index (χ0) is 18.4. The van der Waals surface area contributed by atoms with Crippen molar-refractivity contribution in [3.05, 3.63) is 54.0 Å². The summed E-state index contributed by atoms with van der Waals surface area (Å²) < 4.78 is 30.4. The number of carbonyl (C=O) groups is 1. The number of hydrogen-bond donors (Lipinski definition) is 2. The minimum absolute atomic E-state index is 0.115. The third-order valence-corrected chi connectivity index (χ3v) is 4.04. The van der Waals surface area contributed by atoms with E-state index >= 15 is 0 Å². The number of rotatable bonds is 3. The van der Waals surface area contributed by atoms with E-state index < -0.39 is 17.5 Å². The lowest BCUT2D eigenvalue weighted by Gasteiger charge is -2.04. The lowest BCUT2D eigenvalue weighted by molar-refractivity contribution is 0.102. The quantitative estimate of drug-likeness (QED) is 0.592. The van der Waals surface area contributed by atoms with E-state index in [1.807, 2.05) is 0 Å². The van der Waals surface area contributed by atoms with E-state index in [4.69, 9.17) is 0 Å². The first-order valence-corrected chi connectivity index (χ1v) is 7.73. The van der Waals surface area contributed by atoms with Crippen molar-refractivity contribution < 1.29 is 13.6 Å². The van der Waals surface area contributed by atoms with Crippen LogP contribution in [0.25, 0.3) is 22.3 Å². The summed E-state index contributed by atoms with van der Waals surface area (Å²) in [7, 11) is 3.50. The van der Waals surface area contributed by atoms with Gasteiger partial charge in [-0.25, -0.2) is 8.78 Å². The fourth-order valence-corrected chi connectivity index (χ4v) is 2.85. The lowest BCUT2D eigenvalue weighted by atomic mass is 10.2. The molecule has 1 amide bonds. The second-order valence-electron chi connectivity index (χ2n) is 5.89. The second-order valence-corrected chi connectivity index (χ2v) is 5.89. The number of aromatic amines is 1. The molecule has 0 aliphatic rings. The van der Waals surface area contributed by atoms with E-state index in [-0.39, 0.29) is 16.6 Å².